The van der Waals surface area contributed by atoms with Crippen LogP contribution in [0.3, 0.4) is 0 Å². The van der Waals surface area contributed by atoms with E-state index >= 15 is 0 Å². The van der Waals surface area contributed by atoms with E-state index in [1.807, 2.05) is 6.20 Å². The molecule has 4 heteroatoms. The number of nitrogens with one attached hydrogen (secondary N) is 1. The van der Waals surface area contributed by atoms with Crippen LogP contribution in [0.25, 0.3) is 0 Å². The van der Waals surface area contributed by atoms with Crippen LogP contribution in [0.1, 0.15) is 57.4 Å². The largest absolute Gasteiger partial charge is 0.336 e. The van der Waals surface area contributed by atoms with Gasteiger partial charge in [0.2, 0.25) is 0 Å². The Labute approximate surface area is 120 Å². The van der Waals surface area contributed by atoms with Crippen molar-refractivity contribution in [1.82, 2.24) is 15.1 Å². The zero-order valence-electron chi connectivity index (χ0n) is 12.0. The molecular formula is C16H24N4. The van der Waals surface area contributed by atoms with Crippen LogP contribution < -0.4 is 10.2 Å². The third-order valence-corrected chi connectivity index (χ3v) is 6.19. The summed E-state index contributed by atoms with van der Waals surface area (Å²) in [6, 6.07) is 4.32. The molecule has 1 N–H and O–H groups in total. The van der Waals surface area contributed by atoms with E-state index in [4.69, 9.17) is 0 Å². The van der Waals surface area contributed by atoms with Gasteiger partial charge in [0.05, 0.1) is 18.4 Å². The second-order valence-corrected chi connectivity index (χ2v) is 7.13. The van der Waals surface area contributed by atoms with E-state index in [9.17, 15) is 0 Å². The second kappa shape index (κ2) is 4.23. The zero-order valence-corrected chi connectivity index (χ0v) is 12.0. The summed E-state index contributed by atoms with van der Waals surface area (Å²) in [5, 5.41) is 8.70. The third kappa shape index (κ3) is 1.43. The van der Waals surface area contributed by atoms with Crippen molar-refractivity contribution in [3.63, 3.8) is 0 Å². The fourth-order valence-corrected chi connectivity index (χ4v) is 5.37. The van der Waals surface area contributed by atoms with Crippen LogP contribution in [0.4, 0.5) is 5.82 Å². The maximum absolute atomic E-state index is 4.69. The van der Waals surface area contributed by atoms with Crippen molar-refractivity contribution in [2.75, 3.05) is 4.90 Å². The summed E-state index contributed by atoms with van der Waals surface area (Å²) < 4.78 is 2.36. The Morgan fingerprint density at radius 3 is 2.75 bits per heavy atom. The molecule has 1 aromatic rings. The monoisotopic (exact) mass is 272 g/mol. The van der Waals surface area contributed by atoms with Gasteiger partial charge in [-0.2, -0.15) is 5.10 Å². The quantitative estimate of drug-likeness (QED) is 0.788. The second-order valence-electron chi connectivity index (χ2n) is 7.13. The Morgan fingerprint density at radius 2 is 1.80 bits per heavy atom. The molecule has 5 rings (SSSR count). The highest BCUT2D eigenvalue weighted by molar-refractivity contribution is 5.47. The van der Waals surface area contributed by atoms with Crippen molar-refractivity contribution in [3.8, 4) is 0 Å². The average Bonchev–Trinajstić information content (AvgIpc) is 3.11. The number of aromatic nitrogens is 2. The van der Waals surface area contributed by atoms with Gasteiger partial charge in [0.25, 0.3) is 0 Å². The Kier molecular flexibility index (Phi) is 2.46. The molecule has 4 nitrogen and oxygen atoms in total. The number of hydrogen-bond acceptors (Lipinski definition) is 3. The van der Waals surface area contributed by atoms with Crippen LogP contribution in [-0.4, -0.2) is 28.0 Å². The molecule has 5 atom stereocenters. The molecule has 2 aliphatic carbocycles. The molecule has 5 unspecified atom stereocenters. The van der Waals surface area contributed by atoms with Crippen molar-refractivity contribution in [2.45, 2.75) is 75.7 Å². The fourth-order valence-electron chi connectivity index (χ4n) is 5.37. The van der Waals surface area contributed by atoms with Gasteiger partial charge in [0.1, 0.15) is 5.82 Å². The predicted molar refractivity (Wildman–Crippen MR) is 78.7 cm³/mol. The van der Waals surface area contributed by atoms with Crippen LogP contribution in [0.2, 0.25) is 0 Å². The molecule has 3 fully saturated rings. The van der Waals surface area contributed by atoms with Gasteiger partial charge in [0.15, 0.2) is 0 Å². The highest BCUT2D eigenvalue weighted by Gasteiger charge is 2.51. The summed E-state index contributed by atoms with van der Waals surface area (Å²) in [6.45, 7) is 0. The minimum absolute atomic E-state index is 0.581. The molecule has 0 amide bonds. The topological polar surface area (TPSA) is 33.1 Å². The lowest BCUT2D eigenvalue weighted by molar-refractivity contribution is 0.160. The van der Waals surface area contributed by atoms with E-state index in [0.29, 0.717) is 18.2 Å². The summed E-state index contributed by atoms with van der Waals surface area (Å²) in [4.78, 5) is 2.71. The molecule has 0 radical (unpaired) electrons. The molecule has 1 aromatic heterocycles. The SMILES string of the molecule is c1cc2n(n1)C1CCCCC1C1NC3CCCCC3N21. The molecule has 0 spiro atoms. The molecule has 20 heavy (non-hydrogen) atoms. The fraction of sp³-hybridized carbons (Fsp3) is 0.812. The molecule has 0 bridgehead atoms. The molecule has 4 aliphatic rings. The maximum atomic E-state index is 4.69. The van der Waals surface area contributed by atoms with Crippen molar-refractivity contribution < 1.29 is 0 Å². The zero-order chi connectivity index (χ0) is 13.1. The highest BCUT2D eigenvalue weighted by atomic mass is 15.5. The van der Waals surface area contributed by atoms with Gasteiger partial charge in [-0.1, -0.05) is 25.7 Å². The van der Waals surface area contributed by atoms with Crippen molar-refractivity contribution >= 4 is 5.82 Å². The Balaban J connectivity index is 1.60. The standard InChI is InChI=1S/C16H24N4/c1-3-7-13-11(5-1)16-18-12-6-2-4-8-14(12)19(16)15-9-10-17-20(13)15/h9-14,16,18H,1-8H2. The number of fused-ring (bicyclic) bond motifs is 8. The van der Waals surface area contributed by atoms with E-state index in [2.05, 4.69) is 26.1 Å². The van der Waals surface area contributed by atoms with Crippen molar-refractivity contribution in [1.29, 1.82) is 0 Å². The van der Waals surface area contributed by atoms with E-state index in [1.54, 1.807) is 0 Å². The summed E-state index contributed by atoms with van der Waals surface area (Å²) in [6.07, 6.45) is 13.6. The van der Waals surface area contributed by atoms with E-state index in [-0.39, 0.29) is 0 Å². The first-order valence-electron chi connectivity index (χ1n) is 8.51. The minimum Gasteiger partial charge on any atom is -0.336 e. The minimum atomic E-state index is 0.581. The smallest absolute Gasteiger partial charge is 0.128 e. The summed E-state index contributed by atoms with van der Waals surface area (Å²) in [7, 11) is 0. The van der Waals surface area contributed by atoms with Crippen LogP contribution in [0.5, 0.6) is 0 Å². The number of anilines is 1. The lowest BCUT2D eigenvalue weighted by Gasteiger charge is -2.47. The Bertz CT molecular complexity index is 510. The first kappa shape index (κ1) is 11.6. The Morgan fingerprint density at radius 1 is 1.00 bits per heavy atom. The van der Waals surface area contributed by atoms with Crippen LogP contribution in [-0.2, 0) is 0 Å². The van der Waals surface area contributed by atoms with Gasteiger partial charge in [-0.25, -0.2) is 4.68 Å². The average molecular weight is 272 g/mol. The number of hydrogen-bond donors (Lipinski definition) is 1. The number of rotatable bonds is 0. The van der Waals surface area contributed by atoms with E-state index < -0.39 is 0 Å². The first-order valence-corrected chi connectivity index (χ1v) is 8.51. The van der Waals surface area contributed by atoms with E-state index in [1.165, 1.54) is 57.2 Å². The summed E-state index contributed by atoms with van der Waals surface area (Å²) in [5.41, 5.74) is 0. The van der Waals surface area contributed by atoms with Crippen LogP contribution >= 0.6 is 0 Å². The van der Waals surface area contributed by atoms with E-state index in [0.717, 1.165) is 12.0 Å². The van der Waals surface area contributed by atoms with Gasteiger partial charge in [-0.15, -0.1) is 0 Å². The highest BCUT2D eigenvalue weighted by Crippen LogP contribution is 2.48. The summed E-state index contributed by atoms with van der Waals surface area (Å²) >= 11 is 0. The summed E-state index contributed by atoms with van der Waals surface area (Å²) in [5.74, 6) is 2.15. The lowest BCUT2D eigenvalue weighted by Crippen LogP contribution is -2.53. The number of nitrogens with zero attached hydrogens (tertiary/aromatic N) is 3. The van der Waals surface area contributed by atoms with Crippen molar-refractivity contribution in [3.05, 3.63) is 12.3 Å². The molecule has 0 aromatic carbocycles. The molecule has 3 heterocycles. The van der Waals surface area contributed by atoms with Gasteiger partial charge < -0.3 is 4.90 Å². The predicted octanol–water partition coefficient (Wildman–Crippen LogP) is 2.67. The molecule has 2 saturated carbocycles. The van der Waals surface area contributed by atoms with Crippen LogP contribution in [0, 0.1) is 5.92 Å². The van der Waals surface area contributed by atoms with Gasteiger partial charge in [-0.3, -0.25) is 5.32 Å². The maximum Gasteiger partial charge on any atom is 0.128 e. The van der Waals surface area contributed by atoms with Gasteiger partial charge >= 0.3 is 0 Å². The first-order chi connectivity index (χ1) is 9.93. The third-order valence-electron chi connectivity index (χ3n) is 6.19. The molecule has 2 aliphatic heterocycles. The normalized spacial score (nSPS) is 42.6. The molecular weight excluding hydrogens is 248 g/mol. The van der Waals surface area contributed by atoms with Crippen molar-refractivity contribution in [2.24, 2.45) is 5.92 Å². The van der Waals surface area contributed by atoms with Crippen LogP contribution in [0.15, 0.2) is 12.3 Å². The van der Waals surface area contributed by atoms with Gasteiger partial charge in [0, 0.05) is 24.1 Å². The molecule has 108 valence electrons. The molecule has 1 saturated heterocycles. The van der Waals surface area contributed by atoms with Gasteiger partial charge in [-0.05, 0) is 25.7 Å². The lowest BCUT2D eigenvalue weighted by atomic mass is 9.81. The Hall–Kier alpha value is -1.03.